The predicted octanol–water partition coefficient (Wildman–Crippen LogP) is 1.23. The maximum Gasteiger partial charge on any atom is 0.0629 e. The highest BCUT2D eigenvalue weighted by atomic mass is 16.3. The van der Waals surface area contributed by atoms with E-state index in [0.29, 0.717) is 6.04 Å². The van der Waals surface area contributed by atoms with Crippen LogP contribution in [0.4, 0.5) is 0 Å². The van der Waals surface area contributed by atoms with Gasteiger partial charge in [0.2, 0.25) is 0 Å². The fourth-order valence-electron chi connectivity index (χ4n) is 2.75. The Labute approximate surface area is 103 Å². The molecule has 0 spiro atoms. The van der Waals surface area contributed by atoms with Gasteiger partial charge < -0.3 is 10.4 Å². The van der Waals surface area contributed by atoms with Crippen molar-refractivity contribution >= 4 is 0 Å². The molecule has 2 rings (SSSR count). The van der Waals surface area contributed by atoms with Crippen molar-refractivity contribution in [3.05, 3.63) is 35.9 Å². The first-order chi connectivity index (χ1) is 8.22. The van der Waals surface area contributed by atoms with Gasteiger partial charge in [-0.1, -0.05) is 30.3 Å². The standard InChI is InChI=1S/C14H22N2O/c1-12-14(11-17,15-2)8-9-16(12)10-13-6-4-3-5-7-13/h3-7,12,15,17H,8-11H2,1-2H3. The molecule has 3 nitrogen and oxygen atoms in total. The van der Waals surface area contributed by atoms with Crippen molar-refractivity contribution in [2.75, 3.05) is 20.2 Å². The lowest BCUT2D eigenvalue weighted by atomic mass is 9.92. The van der Waals surface area contributed by atoms with Crippen molar-refractivity contribution in [1.29, 1.82) is 0 Å². The molecule has 1 aromatic rings. The Morgan fingerprint density at radius 1 is 1.41 bits per heavy atom. The van der Waals surface area contributed by atoms with Crippen LogP contribution in [0.1, 0.15) is 18.9 Å². The van der Waals surface area contributed by atoms with E-state index in [1.807, 2.05) is 13.1 Å². The van der Waals surface area contributed by atoms with Gasteiger partial charge in [-0.25, -0.2) is 0 Å². The van der Waals surface area contributed by atoms with Gasteiger partial charge in [0.1, 0.15) is 0 Å². The summed E-state index contributed by atoms with van der Waals surface area (Å²) in [4.78, 5) is 2.43. The summed E-state index contributed by atoms with van der Waals surface area (Å²) in [5.74, 6) is 0. The Morgan fingerprint density at radius 3 is 2.65 bits per heavy atom. The number of likely N-dealkylation sites (tertiary alicyclic amines) is 1. The molecule has 3 heteroatoms. The van der Waals surface area contributed by atoms with Gasteiger partial charge in [0.05, 0.1) is 12.1 Å². The highest BCUT2D eigenvalue weighted by molar-refractivity contribution is 5.16. The molecule has 2 N–H and O–H groups in total. The first-order valence-electron chi connectivity index (χ1n) is 6.29. The van der Waals surface area contributed by atoms with Crippen LogP contribution in [0.25, 0.3) is 0 Å². The third kappa shape index (κ3) is 2.37. The number of hydrogen-bond donors (Lipinski definition) is 2. The highest BCUT2D eigenvalue weighted by Gasteiger charge is 2.42. The smallest absolute Gasteiger partial charge is 0.0629 e. The number of hydrogen-bond acceptors (Lipinski definition) is 3. The zero-order valence-electron chi connectivity index (χ0n) is 10.7. The topological polar surface area (TPSA) is 35.5 Å². The monoisotopic (exact) mass is 234 g/mol. The van der Waals surface area contributed by atoms with Crippen molar-refractivity contribution in [2.45, 2.75) is 31.5 Å². The lowest BCUT2D eigenvalue weighted by Crippen LogP contribution is -2.54. The highest BCUT2D eigenvalue weighted by Crippen LogP contribution is 2.29. The van der Waals surface area contributed by atoms with Gasteiger partial charge in [0.15, 0.2) is 0 Å². The van der Waals surface area contributed by atoms with E-state index in [1.165, 1.54) is 5.56 Å². The van der Waals surface area contributed by atoms with E-state index in [4.69, 9.17) is 0 Å². The maximum absolute atomic E-state index is 9.58. The van der Waals surface area contributed by atoms with Crippen LogP contribution in [0.2, 0.25) is 0 Å². The Balaban J connectivity index is 2.05. The van der Waals surface area contributed by atoms with E-state index >= 15 is 0 Å². The number of benzene rings is 1. The second-order valence-electron chi connectivity index (χ2n) is 4.95. The Hall–Kier alpha value is -0.900. The fraction of sp³-hybridized carbons (Fsp3) is 0.571. The predicted molar refractivity (Wildman–Crippen MR) is 69.8 cm³/mol. The molecule has 1 aliphatic rings. The molecule has 1 aromatic carbocycles. The Kier molecular flexibility index (Phi) is 3.82. The van der Waals surface area contributed by atoms with Gasteiger partial charge in [-0.3, -0.25) is 4.90 Å². The minimum Gasteiger partial charge on any atom is -0.394 e. The molecule has 0 amide bonds. The lowest BCUT2D eigenvalue weighted by molar-refractivity contribution is 0.123. The van der Waals surface area contributed by atoms with Gasteiger partial charge in [-0.05, 0) is 26.0 Å². The Morgan fingerprint density at radius 2 is 2.12 bits per heavy atom. The molecule has 2 unspecified atom stereocenters. The molecule has 0 aliphatic carbocycles. The van der Waals surface area contributed by atoms with Crippen LogP contribution >= 0.6 is 0 Å². The fourth-order valence-corrected chi connectivity index (χ4v) is 2.75. The number of aliphatic hydroxyl groups is 1. The van der Waals surface area contributed by atoms with E-state index in [0.717, 1.165) is 19.5 Å². The van der Waals surface area contributed by atoms with Gasteiger partial charge in [0, 0.05) is 19.1 Å². The summed E-state index contributed by atoms with van der Waals surface area (Å²) < 4.78 is 0. The van der Waals surface area contributed by atoms with Crippen molar-refractivity contribution in [3.63, 3.8) is 0 Å². The molecule has 2 atom stereocenters. The van der Waals surface area contributed by atoms with Crippen LogP contribution in [0.3, 0.4) is 0 Å². The van der Waals surface area contributed by atoms with E-state index < -0.39 is 0 Å². The molecule has 17 heavy (non-hydrogen) atoms. The number of nitrogens with one attached hydrogen (secondary N) is 1. The van der Waals surface area contributed by atoms with Crippen molar-refractivity contribution in [3.8, 4) is 0 Å². The molecule has 1 aliphatic heterocycles. The van der Waals surface area contributed by atoms with Gasteiger partial charge in [-0.15, -0.1) is 0 Å². The summed E-state index contributed by atoms with van der Waals surface area (Å²) >= 11 is 0. The largest absolute Gasteiger partial charge is 0.394 e. The van der Waals surface area contributed by atoms with Crippen molar-refractivity contribution in [2.24, 2.45) is 0 Å². The second kappa shape index (κ2) is 5.17. The normalized spacial score (nSPS) is 29.7. The third-order valence-corrected chi connectivity index (χ3v) is 4.20. The molecule has 0 saturated carbocycles. The summed E-state index contributed by atoms with van der Waals surface area (Å²) in [6.45, 7) is 4.40. The van der Waals surface area contributed by atoms with Crippen LogP contribution < -0.4 is 5.32 Å². The summed E-state index contributed by atoms with van der Waals surface area (Å²) in [5, 5.41) is 12.9. The molecule has 0 bridgehead atoms. The SMILES string of the molecule is CNC1(CO)CCN(Cc2ccccc2)C1C. The summed E-state index contributed by atoms with van der Waals surface area (Å²) in [6.07, 6.45) is 1.01. The van der Waals surface area contributed by atoms with Crippen LogP contribution in [-0.2, 0) is 6.54 Å². The molecular formula is C14H22N2O. The van der Waals surface area contributed by atoms with Crippen LogP contribution in [0.15, 0.2) is 30.3 Å². The van der Waals surface area contributed by atoms with Crippen LogP contribution in [0, 0.1) is 0 Å². The minimum absolute atomic E-state index is 0.130. The summed E-state index contributed by atoms with van der Waals surface area (Å²) in [5.41, 5.74) is 1.21. The molecule has 94 valence electrons. The van der Waals surface area contributed by atoms with Gasteiger partial charge in [0.25, 0.3) is 0 Å². The third-order valence-electron chi connectivity index (χ3n) is 4.20. The Bertz CT molecular complexity index is 348. The average molecular weight is 234 g/mol. The van der Waals surface area contributed by atoms with E-state index in [1.54, 1.807) is 0 Å². The van der Waals surface area contributed by atoms with Crippen LogP contribution in [0.5, 0.6) is 0 Å². The molecular weight excluding hydrogens is 212 g/mol. The summed E-state index contributed by atoms with van der Waals surface area (Å²) in [7, 11) is 1.94. The molecule has 1 fully saturated rings. The lowest BCUT2D eigenvalue weighted by Gasteiger charge is -2.34. The second-order valence-corrected chi connectivity index (χ2v) is 4.95. The van der Waals surface area contributed by atoms with E-state index in [9.17, 15) is 5.11 Å². The van der Waals surface area contributed by atoms with Crippen LogP contribution in [-0.4, -0.2) is 41.8 Å². The summed E-state index contributed by atoms with van der Waals surface area (Å²) in [6, 6.07) is 10.9. The number of likely N-dealkylation sites (N-methyl/N-ethyl adjacent to an activating group) is 1. The molecule has 1 saturated heterocycles. The van der Waals surface area contributed by atoms with Crippen molar-refractivity contribution in [1.82, 2.24) is 10.2 Å². The van der Waals surface area contributed by atoms with E-state index in [-0.39, 0.29) is 12.1 Å². The average Bonchev–Trinajstić information content (AvgIpc) is 2.69. The zero-order valence-corrected chi connectivity index (χ0v) is 10.7. The minimum atomic E-state index is -0.130. The van der Waals surface area contributed by atoms with Crippen molar-refractivity contribution < 1.29 is 5.11 Å². The first kappa shape index (κ1) is 12.6. The first-order valence-corrected chi connectivity index (χ1v) is 6.29. The quantitative estimate of drug-likeness (QED) is 0.822. The molecule has 0 aromatic heterocycles. The zero-order chi connectivity index (χ0) is 12.3. The number of aliphatic hydroxyl groups excluding tert-OH is 1. The number of nitrogens with zero attached hydrogens (tertiary/aromatic N) is 1. The van der Waals surface area contributed by atoms with Gasteiger partial charge >= 0.3 is 0 Å². The molecule has 1 heterocycles. The molecule has 0 radical (unpaired) electrons. The van der Waals surface area contributed by atoms with E-state index in [2.05, 4.69) is 41.4 Å². The maximum atomic E-state index is 9.58. The van der Waals surface area contributed by atoms with Gasteiger partial charge in [-0.2, -0.15) is 0 Å². The number of rotatable bonds is 4.